The molecule has 2 aromatic heterocycles. The summed E-state index contributed by atoms with van der Waals surface area (Å²) in [5.41, 5.74) is 18.8. The van der Waals surface area contributed by atoms with Gasteiger partial charge in [0.1, 0.15) is 0 Å². The van der Waals surface area contributed by atoms with Gasteiger partial charge < -0.3 is 19.3 Å². The number of aryl methyl sites for hydroxylation is 4. The van der Waals surface area contributed by atoms with Gasteiger partial charge in [0, 0.05) is 61.6 Å². The first kappa shape index (κ1) is 48.8. The molecule has 0 bridgehead atoms. The molecular weight excluding hydrogens is 916 g/mol. The molecule has 0 saturated carbocycles. The maximum absolute atomic E-state index is 8.24. The topological polar surface area (TPSA) is 14.7 Å². The Morgan fingerprint density at radius 2 is 0.861 bits per heavy atom. The zero-order valence-electron chi connectivity index (χ0n) is 44.2. The predicted molar refractivity (Wildman–Crippen MR) is 315 cm³/mol. The monoisotopic (exact) mass is 982 g/mol. The summed E-state index contributed by atoms with van der Waals surface area (Å²) in [4.78, 5) is 7.21. The fourth-order valence-corrected chi connectivity index (χ4v) is 11.3. The third kappa shape index (κ3) is 9.07. The molecule has 10 aromatic rings. The minimum atomic E-state index is -0.0332. The Kier molecular flexibility index (Phi) is 12.4. The number of aromatic nitrogens is 1. The Labute approximate surface area is 436 Å². The summed E-state index contributed by atoms with van der Waals surface area (Å²) in [5.74, 6) is 0. The van der Waals surface area contributed by atoms with Crippen LogP contribution in [0.1, 0.15) is 95.7 Å². The van der Waals surface area contributed by atoms with Crippen LogP contribution in [0.3, 0.4) is 0 Å². The molecule has 364 valence electrons. The normalized spacial score (nSPS) is 12.3. The minimum Gasteiger partial charge on any atom is -0.343 e. The van der Waals surface area contributed by atoms with E-state index in [0.717, 1.165) is 62.3 Å². The number of nitrogens with zero attached hydrogens (tertiary/aromatic N) is 4. The molecule has 10 rings (SSSR count). The maximum Gasteiger partial charge on any atom is 0.0887 e. The maximum atomic E-state index is 8.24. The van der Waals surface area contributed by atoms with E-state index in [1.165, 1.54) is 54.2 Å². The number of anilines is 9. The Bertz CT molecular complexity index is 3570. The number of benzene rings is 8. The van der Waals surface area contributed by atoms with Crippen LogP contribution in [-0.4, -0.2) is 4.57 Å². The highest BCUT2D eigenvalue weighted by atomic mass is 35.5. The van der Waals surface area contributed by atoms with Gasteiger partial charge in [-0.15, -0.1) is 11.3 Å². The summed E-state index contributed by atoms with van der Waals surface area (Å²) in [6.07, 6.45) is 0. The number of halogens is 1. The van der Waals surface area contributed by atoms with Crippen LogP contribution in [0.15, 0.2) is 169 Å². The molecule has 0 saturated heterocycles. The Balaban J connectivity index is 1.28. The molecule has 0 radical (unpaired) electrons. The highest BCUT2D eigenvalue weighted by Gasteiger charge is 2.29. The van der Waals surface area contributed by atoms with E-state index >= 15 is 0 Å². The molecule has 0 spiro atoms. The summed E-state index contributed by atoms with van der Waals surface area (Å²) < 4.78 is 3.59. The van der Waals surface area contributed by atoms with E-state index in [1.54, 1.807) is 11.3 Å². The fourth-order valence-electron chi connectivity index (χ4n) is 10.1. The van der Waals surface area contributed by atoms with Crippen molar-refractivity contribution in [1.82, 2.24) is 4.57 Å². The third-order valence-corrected chi connectivity index (χ3v) is 15.7. The van der Waals surface area contributed by atoms with Crippen molar-refractivity contribution in [1.29, 1.82) is 0 Å². The van der Waals surface area contributed by atoms with Crippen LogP contribution in [-0.2, 0) is 23.3 Å². The minimum absolute atomic E-state index is 0.00409. The van der Waals surface area contributed by atoms with Crippen molar-refractivity contribution < 1.29 is 0 Å². The number of thiophene rings is 1. The van der Waals surface area contributed by atoms with Gasteiger partial charge in [0.25, 0.3) is 0 Å². The predicted octanol–water partition coefficient (Wildman–Crippen LogP) is 20.4. The van der Waals surface area contributed by atoms with Crippen molar-refractivity contribution in [2.45, 2.75) is 99.3 Å². The van der Waals surface area contributed by atoms with Gasteiger partial charge in [0.2, 0.25) is 0 Å². The fraction of sp³-hybridized carbons (Fsp3) is 0.242. The Morgan fingerprint density at radius 1 is 0.403 bits per heavy atom. The van der Waals surface area contributed by atoms with Gasteiger partial charge in [-0.25, -0.2) is 0 Å². The van der Waals surface area contributed by atoms with Crippen LogP contribution in [0.4, 0.5) is 51.2 Å². The lowest BCUT2D eigenvalue weighted by Crippen LogP contribution is -2.17. The molecule has 0 N–H and O–H groups in total. The zero-order valence-corrected chi connectivity index (χ0v) is 45.8. The average Bonchev–Trinajstić information content (AvgIpc) is 3.89. The van der Waals surface area contributed by atoms with Gasteiger partial charge in [-0.1, -0.05) is 158 Å². The van der Waals surface area contributed by atoms with Gasteiger partial charge in [-0.3, -0.25) is 0 Å². The van der Waals surface area contributed by atoms with Crippen molar-refractivity contribution >= 4 is 106 Å². The largest absolute Gasteiger partial charge is 0.343 e. The van der Waals surface area contributed by atoms with E-state index in [-0.39, 0.29) is 16.2 Å². The molecular formula is C66H67ClN4S. The lowest BCUT2D eigenvalue weighted by atomic mass is 9.86. The van der Waals surface area contributed by atoms with Crippen molar-refractivity contribution in [2.24, 2.45) is 7.05 Å². The second-order valence-electron chi connectivity index (χ2n) is 22.9. The van der Waals surface area contributed by atoms with Crippen LogP contribution in [0.2, 0.25) is 5.02 Å². The molecule has 0 fully saturated rings. The van der Waals surface area contributed by atoms with E-state index in [4.69, 9.17) is 11.6 Å². The van der Waals surface area contributed by atoms with Crippen molar-refractivity contribution in [2.75, 3.05) is 14.7 Å². The number of hydrogen-bond donors (Lipinski definition) is 0. The summed E-state index contributed by atoms with van der Waals surface area (Å²) in [5, 5.41) is 6.55. The molecule has 0 aliphatic heterocycles. The summed E-state index contributed by atoms with van der Waals surface area (Å²) in [6.45, 7) is 27.0. The van der Waals surface area contributed by atoms with E-state index < -0.39 is 0 Å². The first-order valence-electron chi connectivity index (χ1n) is 25.2. The zero-order chi connectivity index (χ0) is 51.0. The first-order chi connectivity index (χ1) is 34.2. The SMILES string of the molecule is Cc1ccc(N(c2ccc(C)cc2)c2cc(N(c3ccc(C(C)(C)C)cc3)c3cc(C)cc(N(c4ccc(C(C)(C)C)cc4)c4csc5ccc(C(C)(C)C)cc45)c3Cl)cc3c2c2ccccc2n3C)cc1. The standard InChI is InChI=1S/C66H67ClN4S/c1-42-18-27-48(28-19-42)69(49-29-20-43(2)21-30-49)57-40-52(39-56-62(57)53-16-14-15-17-55(53)68(56)13)70(50-31-22-45(23-32-50)64(4,5)6)58-36-44(3)37-59(63(58)67)71(51-33-24-46(25-34-51)65(7,8)9)60-41-72-61-35-26-47(38-54(60)61)66(10,11)12/h14-41H,1-13H3. The lowest BCUT2D eigenvalue weighted by molar-refractivity contribution is 0.590. The molecule has 2 heterocycles. The number of rotatable bonds is 9. The molecule has 0 aliphatic carbocycles. The highest BCUT2D eigenvalue weighted by molar-refractivity contribution is 7.17. The Morgan fingerprint density at radius 3 is 1.39 bits per heavy atom. The molecule has 0 unspecified atom stereocenters. The quantitative estimate of drug-likeness (QED) is 0.143. The van der Waals surface area contributed by atoms with Crippen molar-refractivity contribution in [3.05, 3.63) is 208 Å². The summed E-state index contributed by atoms with van der Waals surface area (Å²) in [6, 6.07) is 61.0. The van der Waals surface area contributed by atoms with Crippen LogP contribution >= 0.6 is 22.9 Å². The smallest absolute Gasteiger partial charge is 0.0887 e. The molecule has 8 aromatic carbocycles. The van der Waals surface area contributed by atoms with E-state index in [0.29, 0.717) is 5.02 Å². The molecule has 0 aliphatic rings. The van der Waals surface area contributed by atoms with Gasteiger partial charge in [0.15, 0.2) is 0 Å². The van der Waals surface area contributed by atoms with Gasteiger partial charge in [-0.2, -0.15) is 0 Å². The molecule has 6 heteroatoms. The van der Waals surface area contributed by atoms with Crippen LogP contribution in [0.25, 0.3) is 31.9 Å². The van der Waals surface area contributed by atoms with Gasteiger partial charge in [-0.05, 0) is 150 Å². The van der Waals surface area contributed by atoms with Gasteiger partial charge >= 0.3 is 0 Å². The van der Waals surface area contributed by atoms with Gasteiger partial charge in [0.05, 0.1) is 39.0 Å². The number of fused-ring (bicyclic) bond motifs is 4. The molecule has 72 heavy (non-hydrogen) atoms. The Hall–Kier alpha value is -6.79. The van der Waals surface area contributed by atoms with E-state index in [2.05, 4.69) is 279 Å². The molecule has 4 nitrogen and oxygen atoms in total. The number of para-hydroxylation sites is 1. The average molecular weight is 984 g/mol. The second kappa shape index (κ2) is 18.4. The van der Waals surface area contributed by atoms with Crippen molar-refractivity contribution in [3.63, 3.8) is 0 Å². The van der Waals surface area contributed by atoms with Crippen LogP contribution in [0, 0.1) is 20.8 Å². The third-order valence-electron chi connectivity index (χ3n) is 14.4. The van der Waals surface area contributed by atoms with Crippen LogP contribution in [0.5, 0.6) is 0 Å². The summed E-state index contributed by atoms with van der Waals surface area (Å²) in [7, 11) is 2.19. The first-order valence-corrected chi connectivity index (χ1v) is 26.5. The summed E-state index contributed by atoms with van der Waals surface area (Å²) >= 11 is 10.0. The molecule has 0 atom stereocenters. The van der Waals surface area contributed by atoms with E-state index in [1.807, 2.05) is 0 Å². The second-order valence-corrected chi connectivity index (χ2v) is 24.2. The van der Waals surface area contributed by atoms with Crippen molar-refractivity contribution in [3.8, 4) is 0 Å². The lowest BCUT2D eigenvalue weighted by Gasteiger charge is -2.33. The molecule has 0 amide bonds. The van der Waals surface area contributed by atoms with E-state index in [9.17, 15) is 0 Å². The highest BCUT2D eigenvalue weighted by Crippen LogP contribution is 2.53. The van der Waals surface area contributed by atoms with Crippen LogP contribution < -0.4 is 14.7 Å². The number of hydrogen-bond acceptors (Lipinski definition) is 4.